The number of benzene rings is 1. The van der Waals surface area contributed by atoms with E-state index < -0.39 is 0 Å². The summed E-state index contributed by atoms with van der Waals surface area (Å²) in [6, 6.07) is 4.15. The van der Waals surface area contributed by atoms with E-state index in [2.05, 4.69) is 26.6 Å². The Hall–Kier alpha value is -1.29. The number of hydrogen-bond acceptors (Lipinski definition) is 2. The SMILES string of the molecule is CCOC(=O)c1cn2c3c(cc(Br)cc13)CCC2. The molecule has 0 bridgehead atoms. The van der Waals surface area contributed by atoms with Crippen molar-refractivity contribution in [3.05, 3.63) is 33.9 Å². The fourth-order valence-electron chi connectivity index (χ4n) is 2.67. The van der Waals surface area contributed by atoms with E-state index in [-0.39, 0.29) is 5.97 Å². The monoisotopic (exact) mass is 307 g/mol. The summed E-state index contributed by atoms with van der Waals surface area (Å²) in [6.07, 6.45) is 4.12. The second kappa shape index (κ2) is 4.43. The zero-order valence-corrected chi connectivity index (χ0v) is 11.8. The van der Waals surface area contributed by atoms with Crippen LogP contribution in [0.3, 0.4) is 0 Å². The third-order valence-electron chi connectivity index (χ3n) is 3.36. The van der Waals surface area contributed by atoms with Gasteiger partial charge in [-0.05, 0) is 37.5 Å². The van der Waals surface area contributed by atoms with Crippen molar-refractivity contribution in [1.29, 1.82) is 0 Å². The van der Waals surface area contributed by atoms with Gasteiger partial charge in [0.05, 0.1) is 17.7 Å². The standard InChI is InChI=1S/C14H14BrNO2/c1-2-18-14(17)12-8-16-5-3-4-9-6-10(15)7-11(12)13(9)16/h6-8H,2-5H2,1H3. The van der Waals surface area contributed by atoms with Crippen LogP contribution < -0.4 is 0 Å². The summed E-state index contributed by atoms with van der Waals surface area (Å²) in [6.45, 7) is 3.22. The van der Waals surface area contributed by atoms with Crippen molar-refractivity contribution in [3.8, 4) is 0 Å². The Morgan fingerprint density at radius 1 is 1.50 bits per heavy atom. The normalized spacial score (nSPS) is 13.9. The van der Waals surface area contributed by atoms with E-state index in [0.717, 1.165) is 29.2 Å². The van der Waals surface area contributed by atoms with Crippen molar-refractivity contribution >= 4 is 32.8 Å². The molecule has 94 valence electrons. The van der Waals surface area contributed by atoms with E-state index in [9.17, 15) is 4.79 Å². The molecule has 0 fully saturated rings. The van der Waals surface area contributed by atoms with Crippen LogP contribution in [0.15, 0.2) is 22.8 Å². The maximum Gasteiger partial charge on any atom is 0.340 e. The zero-order valence-electron chi connectivity index (χ0n) is 10.2. The van der Waals surface area contributed by atoms with Crippen molar-refractivity contribution in [2.24, 2.45) is 0 Å². The summed E-state index contributed by atoms with van der Waals surface area (Å²) in [4.78, 5) is 12.0. The molecular weight excluding hydrogens is 294 g/mol. The third kappa shape index (κ3) is 1.75. The van der Waals surface area contributed by atoms with Gasteiger partial charge in [0.15, 0.2) is 0 Å². The molecule has 0 spiro atoms. The molecule has 0 saturated carbocycles. The van der Waals surface area contributed by atoms with E-state index >= 15 is 0 Å². The first-order valence-electron chi connectivity index (χ1n) is 6.19. The molecular formula is C14H14BrNO2. The van der Waals surface area contributed by atoms with Crippen LogP contribution in [-0.4, -0.2) is 17.1 Å². The minimum atomic E-state index is -0.229. The Balaban J connectivity index is 2.26. The average Bonchev–Trinajstić information content (AvgIpc) is 2.70. The van der Waals surface area contributed by atoms with Gasteiger partial charge < -0.3 is 9.30 Å². The van der Waals surface area contributed by atoms with Crippen LogP contribution in [0.2, 0.25) is 0 Å². The van der Waals surface area contributed by atoms with Crippen molar-refractivity contribution in [3.63, 3.8) is 0 Å². The summed E-state index contributed by atoms with van der Waals surface area (Å²) in [5.74, 6) is -0.229. The first kappa shape index (κ1) is 11.8. The molecule has 18 heavy (non-hydrogen) atoms. The van der Waals surface area contributed by atoms with E-state index in [1.807, 2.05) is 19.2 Å². The van der Waals surface area contributed by atoms with E-state index in [0.29, 0.717) is 12.2 Å². The first-order chi connectivity index (χ1) is 8.70. The number of nitrogens with zero attached hydrogens (tertiary/aromatic N) is 1. The minimum Gasteiger partial charge on any atom is -0.462 e. The summed E-state index contributed by atoms with van der Waals surface area (Å²) in [7, 11) is 0. The molecule has 2 heterocycles. The number of esters is 1. The van der Waals surface area contributed by atoms with Gasteiger partial charge in [-0.3, -0.25) is 0 Å². The lowest BCUT2D eigenvalue weighted by Gasteiger charge is -2.15. The van der Waals surface area contributed by atoms with Crippen molar-refractivity contribution < 1.29 is 9.53 Å². The number of aryl methyl sites for hydroxylation is 2. The van der Waals surface area contributed by atoms with Crippen LogP contribution in [0.4, 0.5) is 0 Å². The molecule has 1 aliphatic rings. The van der Waals surface area contributed by atoms with Gasteiger partial charge in [0.1, 0.15) is 0 Å². The van der Waals surface area contributed by atoms with Gasteiger partial charge >= 0.3 is 5.97 Å². The number of ether oxygens (including phenoxy) is 1. The summed E-state index contributed by atoms with van der Waals surface area (Å²) < 4.78 is 8.32. The molecule has 0 aliphatic carbocycles. The largest absolute Gasteiger partial charge is 0.462 e. The quantitative estimate of drug-likeness (QED) is 0.795. The zero-order chi connectivity index (χ0) is 12.7. The molecule has 0 amide bonds. The molecule has 1 aromatic heterocycles. The van der Waals surface area contributed by atoms with Crippen LogP contribution >= 0.6 is 15.9 Å². The lowest BCUT2D eigenvalue weighted by atomic mass is 10.0. The second-order valence-electron chi connectivity index (χ2n) is 4.52. The first-order valence-corrected chi connectivity index (χ1v) is 6.98. The number of halogens is 1. The highest BCUT2D eigenvalue weighted by Gasteiger charge is 2.21. The van der Waals surface area contributed by atoms with Gasteiger partial charge in [0.2, 0.25) is 0 Å². The summed E-state index contributed by atoms with van der Waals surface area (Å²) in [5.41, 5.74) is 3.17. The molecule has 1 aliphatic heterocycles. The molecule has 1 aromatic carbocycles. The molecule has 4 heteroatoms. The fourth-order valence-corrected chi connectivity index (χ4v) is 3.17. The molecule has 2 aromatic rings. The van der Waals surface area contributed by atoms with Crippen LogP contribution in [0.5, 0.6) is 0 Å². The Kier molecular flexibility index (Phi) is 2.90. The molecule has 0 unspecified atom stereocenters. The summed E-state index contributed by atoms with van der Waals surface area (Å²) >= 11 is 3.52. The predicted octanol–water partition coefficient (Wildman–Crippen LogP) is 3.53. The van der Waals surface area contributed by atoms with Gasteiger partial charge in [0, 0.05) is 22.6 Å². The Morgan fingerprint density at radius 3 is 3.11 bits per heavy atom. The Labute approximate surface area is 114 Å². The molecule has 0 radical (unpaired) electrons. The molecule has 0 saturated heterocycles. The van der Waals surface area contributed by atoms with Gasteiger partial charge in [-0.25, -0.2) is 4.79 Å². The maximum atomic E-state index is 12.0. The number of rotatable bonds is 2. The fraction of sp³-hybridized carbons (Fsp3) is 0.357. The topological polar surface area (TPSA) is 31.2 Å². The van der Waals surface area contributed by atoms with Crippen molar-refractivity contribution in [1.82, 2.24) is 4.57 Å². The van der Waals surface area contributed by atoms with E-state index in [4.69, 9.17) is 4.74 Å². The third-order valence-corrected chi connectivity index (χ3v) is 3.81. The smallest absolute Gasteiger partial charge is 0.340 e. The number of aromatic nitrogens is 1. The molecule has 3 rings (SSSR count). The Bertz CT molecular complexity index is 630. The number of hydrogen-bond donors (Lipinski definition) is 0. The lowest BCUT2D eigenvalue weighted by Crippen LogP contribution is -2.06. The number of carbonyl (C=O) groups is 1. The lowest BCUT2D eigenvalue weighted by molar-refractivity contribution is 0.0528. The maximum absolute atomic E-state index is 12.0. The van der Waals surface area contributed by atoms with Gasteiger partial charge in [-0.1, -0.05) is 15.9 Å². The van der Waals surface area contributed by atoms with Crippen LogP contribution in [0, 0.1) is 0 Å². The minimum absolute atomic E-state index is 0.229. The van der Waals surface area contributed by atoms with Crippen LogP contribution in [0.1, 0.15) is 29.3 Å². The van der Waals surface area contributed by atoms with E-state index in [1.54, 1.807) is 0 Å². The van der Waals surface area contributed by atoms with E-state index in [1.165, 1.54) is 11.1 Å². The highest BCUT2D eigenvalue weighted by molar-refractivity contribution is 9.10. The van der Waals surface area contributed by atoms with Crippen molar-refractivity contribution in [2.45, 2.75) is 26.3 Å². The second-order valence-corrected chi connectivity index (χ2v) is 5.44. The molecule has 3 nitrogen and oxygen atoms in total. The molecule has 0 atom stereocenters. The molecule has 0 N–H and O–H groups in total. The Morgan fingerprint density at radius 2 is 2.33 bits per heavy atom. The van der Waals surface area contributed by atoms with Gasteiger partial charge in [-0.15, -0.1) is 0 Å². The highest BCUT2D eigenvalue weighted by atomic mass is 79.9. The van der Waals surface area contributed by atoms with Gasteiger partial charge in [-0.2, -0.15) is 0 Å². The predicted molar refractivity (Wildman–Crippen MR) is 73.9 cm³/mol. The summed E-state index contributed by atoms with van der Waals surface area (Å²) in [5, 5.41) is 0.998. The van der Waals surface area contributed by atoms with Crippen LogP contribution in [0.25, 0.3) is 10.9 Å². The van der Waals surface area contributed by atoms with Crippen LogP contribution in [-0.2, 0) is 17.7 Å². The van der Waals surface area contributed by atoms with Crippen molar-refractivity contribution in [2.75, 3.05) is 6.61 Å². The highest BCUT2D eigenvalue weighted by Crippen LogP contribution is 2.32. The number of carbonyl (C=O) groups excluding carboxylic acids is 1. The average molecular weight is 308 g/mol. The van der Waals surface area contributed by atoms with Gasteiger partial charge in [0.25, 0.3) is 0 Å².